The van der Waals surface area contributed by atoms with Crippen molar-refractivity contribution in [1.29, 1.82) is 0 Å². The van der Waals surface area contributed by atoms with Gasteiger partial charge < -0.3 is 10.4 Å². The summed E-state index contributed by atoms with van der Waals surface area (Å²) in [5.74, 6) is -0.706. The molecule has 2 aliphatic rings. The maximum atomic E-state index is 14.8. The second-order valence-electron chi connectivity index (χ2n) is 8.35. The second-order valence-corrected chi connectivity index (χ2v) is 9.60. The lowest BCUT2D eigenvalue weighted by Crippen LogP contribution is -2.18. The van der Waals surface area contributed by atoms with Crippen molar-refractivity contribution in [2.45, 2.75) is 62.9 Å². The molecule has 0 saturated carbocycles. The zero-order valence-corrected chi connectivity index (χ0v) is 17.8. The van der Waals surface area contributed by atoms with E-state index in [0.717, 1.165) is 24.0 Å². The first-order chi connectivity index (χ1) is 14.2. The Labute approximate surface area is 176 Å². The first-order valence-electron chi connectivity index (χ1n) is 10.1. The van der Waals surface area contributed by atoms with Crippen molar-refractivity contribution in [3.05, 3.63) is 57.7 Å². The van der Waals surface area contributed by atoms with Gasteiger partial charge in [-0.25, -0.2) is 13.6 Å². The molecule has 0 bridgehead atoms. The van der Waals surface area contributed by atoms with E-state index in [2.05, 4.69) is 9.68 Å². The smallest absolute Gasteiger partial charge is 0.352 e. The number of benzene rings is 2. The highest BCUT2D eigenvalue weighted by Crippen LogP contribution is 2.41. The van der Waals surface area contributed by atoms with Crippen molar-refractivity contribution in [2.24, 2.45) is 9.50 Å². The number of nitrogens with zero attached hydrogens (tertiary/aromatic N) is 1. The van der Waals surface area contributed by atoms with Crippen LogP contribution in [-0.4, -0.2) is 11.1 Å². The lowest BCUT2D eigenvalue weighted by molar-refractivity contribution is 0.0782. The first-order valence-corrected chi connectivity index (χ1v) is 11.3. The van der Waals surface area contributed by atoms with Crippen LogP contribution in [0.4, 0.5) is 19.3 Å². The van der Waals surface area contributed by atoms with Crippen LogP contribution in [0.2, 0.25) is 0 Å². The number of rotatable bonds is 3. The van der Waals surface area contributed by atoms with Gasteiger partial charge in [0.05, 0.1) is 10.5 Å². The summed E-state index contributed by atoms with van der Waals surface area (Å²) in [6, 6.07) is 3.44. The number of nitrogens with two attached hydrogens (primary N) is 1. The van der Waals surface area contributed by atoms with Gasteiger partial charge in [0, 0.05) is 16.6 Å². The zero-order valence-electron chi connectivity index (χ0n) is 17.0. The molecule has 0 saturated heterocycles. The highest BCUT2D eigenvalue weighted by atomic mass is 32.2. The van der Waals surface area contributed by atoms with Gasteiger partial charge in [-0.3, -0.25) is 5.14 Å². The molecule has 4 rings (SSSR count). The second kappa shape index (κ2) is 7.83. The average Bonchev–Trinajstić information content (AvgIpc) is 3.34. The maximum Gasteiger partial charge on any atom is 0.352 e. The number of urea groups is 1. The van der Waals surface area contributed by atoms with Gasteiger partial charge in [0.2, 0.25) is 0 Å². The van der Waals surface area contributed by atoms with E-state index in [1.165, 1.54) is 18.2 Å². The van der Waals surface area contributed by atoms with E-state index in [1.54, 1.807) is 13.8 Å². The molecule has 0 aromatic heterocycles. The molecular weight excluding hydrogens is 408 g/mol. The number of nitrogens with one attached hydrogen (secondary N) is 1. The summed E-state index contributed by atoms with van der Waals surface area (Å²) < 4.78 is 33.0. The van der Waals surface area contributed by atoms with Crippen LogP contribution >= 0.6 is 0 Å². The number of amides is 2. The number of aliphatic hydroxyl groups is 1. The normalized spacial score (nSPS) is 16.5. The fraction of sp³-hybridized carbons (Fsp3) is 0.409. The van der Waals surface area contributed by atoms with Crippen molar-refractivity contribution < 1.29 is 18.7 Å². The van der Waals surface area contributed by atoms with Gasteiger partial charge in [0.1, 0.15) is 11.6 Å². The molecule has 1 atom stereocenters. The van der Waals surface area contributed by atoms with Gasteiger partial charge in [-0.2, -0.15) is 4.36 Å². The largest absolute Gasteiger partial charge is 0.386 e. The third kappa shape index (κ3) is 3.79. The number of hydrogen-bond donors (Lipinski definition) is 3. The zero-order chi connectivity index (χ0) is 21.6. The summed E-state index contributed by atoms with van der Waals surface area (Å²) in [4.78, 5) is 12.7. The van der Waals surface area contributed by atoms with Crippen molar-refractivity contribution in [3.8, 4) is 0 Å². The van der Waals surface area contributed by atoms with Crippen molar-refractivity contribution >= 4 is 22.6 Å². The molecule has 160 valence electrons. The van der Waals surface area contributed by atoms with Crippen LogP contribution in [0, 0.1) is 11.6 Å². The minimum atomic E-state index is -1.54. The molecule has 8 heteroatoms. The van der Waals surface area contributed by atoms with Crippen molar-refractivity contribution in [1.82, 2.24) is 0 Å². The lowest BCUT2D eigenvalue weighted by Gasteiger charge is -2.19. The van der Waals surface area contributed by atoms with Gasteiger partial charge in [0.15, 0.2) is 0 Å². The summed E-state index contributed by atoms with van der Waals surface area (Å²) in [5, 5.41) is 19.0. The van der Waals surface area contributed by atoms with E-state index in [4.69, 9.17) is 5.14 Å². The number of halogens is 2. The summed E-state index contributed by atoms with van der Waals surface area (Å²) in [6.07, 6.45) is 4.48. The molecule has 5 nitrogen and oxygen atoms in total. The van der Waals surface area contributed by atoms with Crippen molar-refractivity contribution in [3.63, 3.8) is 0 Å². The molecule has 0 heterocycles. The SMILES string of the molecule is CC(C)(O)c1ccc(F)c(S(N)=NC(=O)Nc2c3c(c(F)c4c2CCC4)CCC3)c1. The van der Waals surface area contributed by atoms with E-state index in [1.807, 2.05) is 0 Å². The molecule has 0 radical (unpaired) electrons. The maximum absolute atomic E-state index is 14.8. The Morgan fingerprint density at radius 3 is 2.23 bits per heavy atom. The third-order valence-electron chi connectivity index (χ3n) is 5.85. The molecule has 2 aromatic carbocycles. The number of carbonyl (C=O) groups excluding carboxylic acids is 1. The predicted molar refractivity (Wildman–Crippen MR) is 113 cm³/mol. The molecule has 2 amide bonds. The minimum absolute atomic E-state index is 0.0549. The van der Waals surface area contributed by atoms with Crippen LogP contribution in [0.1, 0.15) is 54.5 Å². The van der Waals surface area contributed by atoms with Crippen LogP contribution in [0.5, 0.6) is 0 Å². The van der Waals surface area contributed by atoms with Crippen LogP contribution in [-0.2, 0) is 42.2 Å². The fourth-order valence-corrected chi connectivity index (χ4v) is 5.19. The van der Waals surface area contributed by atoms with Gasteiger partial charge >= 0.3 is 6.03 Å². The van der Waals surface area contributed by atoms with Gasteiger partial charge in [-0.05, 0) is 92.3 Å². The fourth-order valence-electron chi connectivity index (χ4n) is 4.35. The molecule has 0 aliphatic heterocycles. The Bertz CT molecular complexity index is 1040. The molecule has 30 heavy (non-hydrogen) atoms. The predicted octanol–water partition coefficient (Wildman–Crippen LogP) is 4.44. The molecule has 0 fully saturated rings. The quantitative estimate of drug-likeness (QED) is 0.669. The average molecular weight is 434 g/mol. The summed E-state index contributed by atoms with van der Waals surface area (Å²) in [5.41, 5.74) is 3.06. The monoisotopic (exact) mass is 433 g/mol. The van der Waals surface area contributed by atoms with E-state index < -0.39 is 28.3 Å². The molecule has 2 aliphatic carbocycles. The topological polar surface area (TPSA) is 87.7 Å². The Morgan fingerprint density at radius 1 is 1.10 bits per heavy atom. The Balaban J connectivity index is 1.66. The molecular formula is C22H25F2N3O2S. The number of hydrogen-bond acceptors (Lipinski definition) is 2. The van der Waals surface area contributed by atoms with E-state index in [-0.39, 0.29) is 10.7 Å². The van der Waals surface area contributed by atoms with Crippen LogP contribution < -0.4 is 10.5 Å². The Hall–Kier alpha value is -2.16. The van der Waals surface area contributed by atoms with Gasteiger partial charge in [-0.1, -0.05) is 6.07 Å². The van der Waals surface area contributed by atoms with Crippen LogP contribution in [0.25, 0.3) is 0 Å². The number of carbonyl (C=O) groups is 1. The summed E-state index contributed by atoms with van der Waals surface area (Å²) in [6.45, 7) is 3.16. The molecule has 2 aromatic rings. The van der Waals surface area contributed by atoms with E-state index in [9.17, 15) is 18.7 Å². The standard InChI is InChI=1S/C22H25F2N3O2S/c1-22(2,29)12-9-10-17(23)18(11-12)30(25)27-21(28)26-20-15-7-3-5-13(15)19(24)14-6-4-8-16(14)20/h9-11,29H,3-8H2,1-2H3,(H3,25,26,27,28). The highest BCUT2D eigenvalue weighted by Gasteiger charge is 2.29. The molecule has 4 N–H and O–H groups in total. The first kappa shape index (κ1) is 21.1. The number of anilines is 1. The summed E-state index contributed by atoms with van der Waals surface area (Å²) in [7, 11) is -1.54. The lowest BCUT2D eigenvalue weighted by atomic mass is 9.98. The molecule has 0 spiro atoms. The Morgan fingerprint density at radius 2 is 1.67 bits per heavy atom. The minimum Gasteiger partial charge on any atom is -0.386 e. The molecule has 1 unspecified atom stereocenters. The van der Waals surface area contributed by atoms with Crippen molar-refractivity contribution in [2.75, 3.05) is 5.32 Å². The van der Waals surface area contributed by atoms with Gasteiger partial charge in [0.25, 0.3) is 0 Å². The third-order valence-corrected chi connectivity index (χ3v) is 6.97. The van der Waals surface area contributed by atoms with E-state index >= 15 is 0 Å². The van der Waals surface area contributed by atoms with Crippen LogP contribution in [0.3, 0.4) is 0 Å². The Kier molecular flexibility index (Phi) is 5.50. The van der Waals surface area contributed by atoms with Gasteiger partial charge in [-0.15, -0.1) is 0 Å². The van der Waals surface area contributed by atoms with E-state index in [0.29, 0.717) is 48.1 Å². The van der Waals surface area contributed by atoms with Crippen LogP contribution in [0.15, 0.2) is 27.5 Å². The number of fused-ring (bicyclic) bond motifs is 2. The summed E-state index contributed by atoms with van der Waals surface area (Å²) >= 11 is 0. The highest BCUT2D eigenvalue weighted by molar-refractivity contribution is 7.85.